The third-order valence-electron chi connectivity index (χ3n) is 3.28. The summed E-state index contributed by atoms with van der Waals surface area (Å²) in [5, 5.41) is 12.8. The highest BCUT2D eigenvalue weighted by Gasteiger charge is 2.32. The Kier molecular flexibility index (Phi) is 3.64. The van der Waals surface area contributed by atoms with Crippen LogP contribution in [0.5, 0.6) is 5.75 Å². The summed E-state index contributed by atoms with van der Waals surface area (Å²) in [6, 6.07) is 7.08. The number of hydrogen-bond donors (Lipinski definition) is 2. The maximum absolute atomic E-state index is 11.7. The van der Waals surface area contributed by atoms with Crippen LogP contribution in [0.2, 0.25) is 0 Å². The van der Waals surface area contributed by atoms with Gasteiger partial charge in [-0.3, -0.25) is 4.79 Å². The van der Waals surface area contributed by atoms with E-state index in [2.05, 4.69) is 5.32 Å². The molecule has 1 aliphatic heterocycles. The normalized spacial score (nSPS) is 24.3. The van der Waals surface area contributed by atoms with Gasteiger partial charge in [-0.05, 0) is 30.7 Å². The number of carbonyl (C=O) groups excluding carboxylic acids is 1. The van der Waals surface area contributed by atoms with Crippen LogP contribution in [-0.2, 0) is 9.53 Å². The molecule has 2 atom stereocenters. The van der Waals surface area contributed by atoms with Crippen LogP contribution in [0.3, 0.4) is 0 Å². The molecule has 0 bridgehead atoms. The molecule has 2 rings (SSSR count). The smallest absolute Gasteiger partial charge is 0.309 e. The number of rotatable bonds is 2. The number of aromatic hydroxyl groups is 1. The Morgan fingerprint density at radius 1 is 1.53 bits per heavy atom. The predicted octanol–water partition coefficient (Wildman–Crippen LogP) is 1.26. The van der Waals surface area contributed by atoms with Crippen molar-refractivity contribution in [3.8, 4) is 5.75 Å². The zero-order valence-corrected chi connectivity index (χ0v) is 9.85. The number of piperidine rings is 1. The van der Waals surface area contributed by atoms with Crippen LogP contribution in [0.25, 0.3) is 0 Å². The average Bonchev–Trinajstić information content (AvgIpc) is 2.38. The van der Waals surface area contributed by atoms with Crippen LogP contribution in [0.1, 0.15) is 17.9 Å². The summed E-state index contributed by atoms with van der Waals surface area (Å²) in [4.78, 5) is 11.7. The number of phenolic OH excluding ortho intramolecular Hbond substituents is 1. The molecule has 1 aromatic rings. The molecular weight excluding hydrogens is 218 g/mol. The van der Waals surface area contributed by atoms with Crippen LogP contribution >= 0.6 is 0 Å². The van der Waals surface area contributed by atoms with Gasteiger partial charge in [0.1, 0.15) is 5.75 Å². The minimum Gasteiger partial charge on any atom is -0.508 e. The van der Waals surface area contributed by atoms with Gasteiger partial charge >= 0.3 is 5.97 Å². The van der Waals surface area contributed by atoms with E-state index in [1.165, 1.54) is 7.11 Å². The molecule has 2 N–H and O–H groups in total. The maximum atomic E-state index is 11.7. The van der Waals surface area contributed by atoms with Gasteiger partial charge in [-0.2, -0.15) is 0 Å². The minimum absolute atomic E-state index is 0.0725. The van der Waals surface area contributed by atoms with E-state index in [1.807, 2.05) is 6.07 Å². The first kappa shape index (κ1) is 11.9. The van der Waals surface area contributed by atoms with E-state index >= 15 is 0 Å². The zero-order valence-electron chi connectivity index (χ0n) is 9.85. The van der Waals surface area contributed by atoms with Crippen LogP contribution in [-0.4, -0.2) is 31.3 Å². The Hall–Kier alpha value is -1.55. The standard InChI is InChI=1S/C13H17NO3/c1-17-13(16)11-5-6-14-8-12(11)9-3-2-4-10(15)7-9/h2-4,7,11-12,14-15H,5-6,8H2,1H3. The second-order valence-electron chi connectivity index (χ2n) is 4.32. The molecule has 92 valence electrons. The number of hydrogen-bond acceptors (Lipinski definition) is 4. The first-order valence-electron chi connectivity index (χ1n) is 5.80. The Balaban J connectivity index is 2.24. The van der Waals surface area contributed by atoms with Crippen LogP contribution in [0.4, 0.5) is 0 Å². The number of esters is 1. The van der Waals surface area contributed by atoms with Gasteiger partial charge in [0.05, 0.1) is 13.0 Å². The van der Waals surface area contributed by atoms with E-state index in [0.717, 1.165) is 25.1 Å². The molecule has 0 aliphatic carbocycles. The van der Waals surface area contributed by atoms with Crippen LogP contribution in [0.15, 0.2) is 24.3 Å². The van der Waals surface area contributed by atoms with Crippen LogP contribution < -0.4 is 5.32 Å². The molecule has 1 heterocycles. The Bertz CT molecular complexity index is 405. The SMILES string of the molecule is COC(=O)C1CCNCC1c1cccc(O)c1. The molecular formula is C13H17NO3. The van der Waals surface area contributed by atoms with Crippen LogP contribution in [0, 0.1) is 5.92 Å². The van der Waals surface area contributed by atoms with Crippen molar-refractivity contribution in [1.82, 2.24) is 5.32 Å². The molecule has 1 aliphatic rings. The van der Waals surface area contributed by atoms with Crippen molar-refractivity contribution in [3.63, 3.8) is 0 Å². The highest BCUT2D eigenvalue weighted by Crippen LogP contribution is 2.31. The summed E-state index contributed by atoms with van der Waals surface area (Å²) in [7, 11) is 1.42. The molecule has 17 heavy (non-hydrogen) atoms. The molecule has 1 saturated heterocycles. The molecule has 0 amide bonds. The second kappa shape index (κ2) is 5.19. The number of methoxy groups -OCH3 is 1. The summed E-state index contributed by atoms with van der Waals surface area (Å²) in [6.45, 7) is 1.57. The van der Waals surface area contributed by atoms with Crippen molar-refractivity contribution in [3.05, 3.63) is 29.8 Å². The Morgan fingerprint density at radius 3 is 3.06 bits per heavy atom. The highest BCUT2D eigenvalue weighted by atomic mass is 16.5. The summed E-state index contributed by atoms with van der Waals surface area (Å²) in [5.41, 5.74) is 0.979. The summed E-state index contributed by atoms with van der Waals surface area (Å²) < 4.78 is 4.84. The summed E-state index contributed by atoms with van der Waals surface area (Å²) in [6.07, 6.45) is 0.771. The quantitative estimate of drug-likeness (QED) is 0.758. The van der Waals surface area contributed by atoms with Gasteiger partial charge in [0.15, 0.2) is 0 Å². The fourth-order valence-corrected chi connectivity index (χ4v) is 2.40. The predicted molar refractivity (Wildman–Crippen MR) is 63.8 cm³/mol. The van der Waals surface area contributed by atoms with Gasteiger partial charge in [-0.15, -0.1) is 0 Å². The van der Waals surface area contributed by atoms with E-state index in [4.69, 9.17) is 4.74 Å². The molecule has 1 fully saturated rings. The number of carbonyl (C=O) groups is 1. The van der Waals surface area contributed by atoms with E-state index < -0.39 is 0 Å². The molecule has 1 aromatic carbocycles. The third-order valence-corrected chi connectivity index (χ3v) is 3.28. The number of ether oxygens (including phenoxy) is 1. The monoisotopic (exact) mass is 235 g/mol. The first-order chi connectivity index (χ1) is 8.22. The lowest BCUT2D eigenvalue weighted by molar-refractivity contribution is -0.147. The minimum atomic E-state index is -0.167. The van der Waals surface area contributed by atoms with Gasteiger partial charge in [0.2, 0.25) is 0 Å². The van der Waals surface area contributed by atoms with Crippen molar-refractivity contribution < 1.29 is 14.6 Å². The third kappa shape index (κ3) is 2.58. The lowest BCUT2D eigenvalue weighted by Crippen LogP contribution is -2.39. The topological polar surface area (TPSA) is 58.6 Å². The first-order valence-corrected chi connectivity index (χ1v) is 5.80. The second-order valence-corrected chi connectivity index (χ2v) is 4.32. The summed E-state index contributed by atoms with van der Waals surface area (Å²) in [5.74, 6) is 0.0166. The molecule has 0 saturated carbocycles. The van der Waals surface area contributed by atoms with E-state index in [9.17, 15) is 9.90 Å². The number of phenols is 1. The van der Waals surface area contributed by atoms with Gasteiger partial charge in [0, 0.05) is 12.5 Å². The van der Waals surface area contributed by atoms with Crippen molar-refractivity contribution in [1.29, 1.82) is 0 Å². The largest absolute Gasteiger partial charge is 0.508 e. The molecule has 2 unspecified atom stereocenters. The average molecular weight is 235 g/mol. The van der Waals surface area contributed by atoms with Crippen molar-refractivity contribution in [2.45, 2.75) is 12.3 Å². The van der Waals surface area contributed by atoms with Gasteiger partial charge in [-0.1, -0.05) is 12.1 Å². The Morgan fingerprint density at radius 2 is 2.35 bits per heavy atom. The molecule has 0 spiro atoms. The maximum Gasteiger partial charge on any atom is 0.309 e. The molecule has 4 heteroatoms. The van der Waals surface area contributed by atoms with Crippen molar-refractivity contribution >= 4 is 5.97 Å². The highest BCUT2D eigenvalue weighted by molar-refractivity contribution is 5.74. The zero-order chi connectivity index (χ0) is 12.3. The lowest BCUT2D eigenvalue weighted by Gasteiger charge is -2.30. The Labute approximate surface area is 101 Å². The molecule has 4 nitrogen and oxygen atoms in total. The fraction of sp³-hybridized carbons (Fsp3) is 0.462. The molecule has 0 aromatic heterocycles. The van der Waals surface area contributed by atoms with Crippen molar-refractivity contribution in [2.75, 3.05) is 20.2 Å². The van der Waals surface area contributed by atoms with Gasteiger partial charge in [0.25, 0.3) is 0 Å². The lowest BCUT2D eigenvalue weighted by atomic mass is 9.81. The number of nitrogens with one attached hydrogen (secondary N) is 1. The van der Waals surface area contributed by atoms with E-state index in [-0.39, 0.29) is 23.6 Å². The fourth-order valence-electron chi connectivity index (χ4n) is 2.40. The molecule has 0 radical (unpaired) electrons. The van der Waals surface area contributed by atoms with E-state index in [1.54, 1.807) is 18.2 Å². The number of benzene rings is 1. The van der Waals surface area contributed by atoms with E-state index in [0.29, 0.717) is 0 Å². The van der Waals surface area contributed by atoms with Crippen molar-refractivity contribution in [2.24, 2.45) is 5.92 Å². The summed E-state index contributed by atoms with van der Waals surface area (Å²) >= 11 is 0. The van der Waals surface area contributed by atoms with Gasteiger partial charge in [-0.25, -0.2) is 0 Å². The van der Waals surface area contributed by atoms with Gasteiger partial charge < -0.3 is 15.2 Å².